The number of rotatable bonds is 7. The van der Waals surface area contributed by atoms with Gasteiger partial charge in [0.15, 0.2) is 11.5 Å². The summed E-state index contributed by atoms with van der Waals surface area (Å²) in [4.78, 5) is 14.0. The van der Waals surface area contributed by atoms with Crippen LogP contribution in [0.15, 0.2) is 72.8 Å². The number of likely N-dealkylation sites (tertiary alicyclic amines) is 1. The van der Waals surface area contributed by atoms with Gasteiger partial charge in [-0.1, -0.05) is 60.7 Å². The quantitative estimate of drug-likeness (QED) is 0.553. The molecule has 0 radical (unpaired) electrons. The largest absolute Gasteiger partial charge is 0.493 e. The number of hydrogen-bond acceptors (Lipinski definition) is 4. The molecule has 0 aromatic heterocycles. The van der Waals surface area contributed by atoms with Crippen molar-refractivity contribution in [2.75, 3.05) is 27.3 Å². The molecule has 0 spiro atoms. The fourth-order valence-corrected chi connectivity index (χ4v) is 4.57. The zero-order chi connectivity index (χ0) is 22.5. The number of benzene rings is 3. The highest BCUT2D eigenvalue weighted by atomic mass is 16.5. The van der Waals surface area contributed by atoms with Gasteiger partial charge in [0.1, 0.15) is 0 Å². The van der Waals surface area contributed by atoms with Crippen molar-refractivity contribution in [2.24, 2.45) is 5.92 Å². The lowest BCUT2D eigenvalue weighted by Gasteiger charge is -2.37. The van der Waals surface area contributed by atoms with E-state index in [2.05, 4.69) is 41.3 Å². The van der Waals surface area contributed by atoms with Crippen LogP contribution in [0.2, 0.25) is 0 Å². The van der Waals surface area contributed by atoms with Crippen molar-refractivity contribution in [3.8, 4) is 22.6 Å². The van der Waals surface area contributed by atoms with Crippen LogP contribution < -0.4 is 9.47 Å². The van der Waals surface area contributed by atoms with E-state index < -0.39 is 5.97 Å². The second kappa shape index (κ2) is 9.88. The predicted molar refractivity (Wildman–Crippen MR) is 125 cm³/mol. The molecule has 5 nitrogen and oxygen atoms in total. The Morgan fingerprint density at radius 2 is 1.56 bits per heavy atom. The number of carboxylic acid groups (broad SMARTS) is 1. The van der Waals surface area contributed by atoms with Crippen molar-refractivity contribution in [1.29, 1.82) is 0 Å². The lowest BCUT2D eigenvalue weighted by molar-refractivity contribution is -0.143. The number of hydrogen-bond donors (Lipinski definition) is 1. The molecule has 1 fully saturated rings. The number of aliphatic carboxylic acids is 1. The van der Waals surface area contributed by atoms with E-state index in [1.54, 1.807) is 14.2 Å². The number of methoxy groups -OCH3 is 2. The van der Waals surface area contributed by atoms with E-state index >= 15 is 0 Å². The summed E-state index contributed by atoms with van der Waals surface area (Å²) >= 11 is 0. The van der Waals surface area contributed by atoms with Gasteiger partial charge in [-0.3, -0.25) is 9.69 Å². The first-order chi connectivity index (χ1) is 15.6. The third-order valence-corrected chi connectivity index (χ3v) is 6.22. The third-order valence-electron chi connectivity index (χ3n) is 6.22. The maximum absolute atomic E-state index is 11.7. The van der Waals surface area contributed by atoms with Gasteiger partial charge in [0, 0.05) is 6.54 Å². The molecule has 1 aliphatic rings. The zero-order valence-electron chi connectivity index (χ0n) is 18.5. The lowest BCUT2D eigenvalue weighted by Crippen LogP contribution is -2.41. The summed E-state index contributed by atoms with van der Waals surface area (Å²) in [6, 6.07) is 24.7. The highest BCUT2D eigenvalue weighted by Crippen LogP contribution is 2.37. The molecule has 3 aromatic carbocycles. The van der Waals surface area contributed by atoms with Gasteiger partial charge in [0.05, 0.1) is 26.2 Å². The Balaban J connectivity index is 1.73. The minimum Gasteiger partial charge on any atom is -0.493 e. The van der Waals surface area contributed by atoms with Crippen LogP contribution in [0.5, 0.6) is 11.5 Å². The Morgan fingerprint density at radius 3 is 2.22 bits per heavy atom. The van der Waals surface area contributed by atoms with E-state index in [0.717, 1.165) is 36.1 Å². The summed E-state index contributed by atoms with van der Waals surface area (Å²) < 4.78 is 11.0. The summed E-state index contributed by atoms with van der Waals surface area (Å²) in [5.41, 5.74) is 4.51. The van der Waals surface area contributed by atoms with Crippen molar-refractivity contribution < 1.29 is 19.4 Å². The van der Waals surface area contributed by atoms with Gasteiger partial charge in [-0.05, 0) is 53.8 Å². The first kappa shape index (κ1) is 21.9. The third kappa shape index (κ3) is 4.63. The van der Waals surface area contributed by atoms with E-state index in [-0.39, 0.29) is 12.0 Å². The van der Waals surface area contributed by atoms with Crippen molar-refractivity contribution in [2.45, 2.75) is 18.9 Å². The predicted octanol–water partition coefficient (Wildman–Crippen LogP) is 5.26. The van der Waals surface area contributed by atoms with Crippen molar-refractivity contribution in [3.05, 3.63) is 83.9 Å². The molecule has 1 N–H and O–H groups in total. The maximum Gasteiger partial charge on any atom is 0.307 e. The summed E-state index contributed by atoms with van der Waals surface area (Å²) in [5.74, 6) is 0.273. The molecule has 0 amide bonds. The van der Waals surface area contributed by atoms with Crippen LogP contribution in [0.4, 0.5) is 0 Å². The number of carboxylic acids is 1. The van der Waals surface area contributed by atoms with E-state index in [0.29, 0.717) is 18.0 Å². The van der Waals surface area contributed by atoms with Crippen molar-refractivity contribution in [3.63, 3.8) is 0 Å². The molecule has 3 aromatic rings. The summed E-state index contributed by atoms with van der Waals surface area (Å²) in [5, 5.41) is 9.63. The van der Waals surface area contributed by atoms with Crippen LogP contribution in [-0.2, 0) is 4.79 Å². The van der Waals surface area contributed by atoms with Gasteiger partial charge in [-0.15, -0.1) is 0 Å². The maximum atomic E-state index is 11.7. The molecule has 5 heteroatoms. The van der Waals surface area contributed by atoms with Gasteiger partial charge in [0.25, 0.3) is 0 Å². The molecule has 32 heavy (non-hydrogen) atoms. The Morgan fingerprint density at radius 1 is 0.906 bits per heavy atom. The Kier molecular flexibility index (Phi) is 6.76. The van der Waals surface area contributed by atoms with Gasteiger partial charge < -0.3 is 14.6 Å². The molecule has 0 aliphatic carbocycles. The molecule has 0 bridgehead atoms. The zero-order valence-corrected chi connectivity index (χ0v) is 18.5. The smallest absolute Gasteiger partial charge is 0.307 e. The van der Waals surface area contributed by atoms with Crippen LogP contribution in [0, 0.1) is 5.92 Å². The summed E-state index contributed by atoms with van der Waals surface area (Å²) in [7, 11) is 3.26. The fourth-order valence-electron chi connectivity index (χ4n) is 4.57. The summed E-state index contributed by atoms with van der Waals surface area (Å²) in [6.07, 6.45) is 1.58. The average Bonchev–Trinajstić information content (AvgIpc) is 2.85. The Bertz CT molecular complexity index is 1050. The highest BCUT2D eigenvalue weighted by molar-refractivity contribution is 5.70. The Hall–Kier alpha value is -3.31. The molecule has 0 saturated carbocycles. The van der Waals surface area contributed by atoms with Gasteiger partial charge >= 0.3 is 5.97 Å². The molecule has 166 valence electrons. The average molecular weight is 432 g/mol. The lowest BCUT2D eigenvalue weighted by atomic mass is 9.90. The first-order valence-electron chi connectivity index (χ1n) is 10.9. The van der Waals surface area contributed by atoms with Crippen LogP contribution >= 0.6 is 0 Å². The van der Waals surface area contributed by atoms with Crippen LogP contribution in [0.25, 0.3) is 11.1 Å². The molecule has 2 atom stereocenters. The molecule has 2 unspecified atom stereocenters. The van der Waals surface area contributed by atoms with Gasteiger partial charge in [0.2, 0.25) is 0 Å². The monoisotopic (exact) mass is 431 g/mol. The normalized spacial score (nSPS) is 17.5. The Labute approximate surface area is 189 Å². The van der Waals surface area contributed by atoms with E-state index in [1.165, 1.54) is 5.56 Å². The number of ether oxygens (including phenoxy) is 2. The van der Waals surface area contributed by atoms with Gasteiger partial charge in [-0.25, -0.2) is 0 Å². The van der Waals surface area contributed by atoms with E-state index in [1.807, 2.05) is 36.4 Å². The molecular formula is C27H29NO4. The molecule has 1 saturated heterocycles. The first-order valence-corrected chi connectivity index (χ1v) is 10.9. The number of nitrogens with zero attached hydrogens (tertiary/aromatic N) is 1. The van der Waals surface area contributed by atoms with Crippen LogP contribution in [0.3, 0.4) is 0 Å². The number of piperidine rings is 1. The molecule has 1 heterocycles. The SMILES string of the molecule is COc1ccc(C(c2ccc(-c3ccccc3)cc2)N2CCCC(C(=O)O)C2)cc1OC. The van der Waals surface area contributed by atoms with E-state index in [9.17, 15) is 9.90 Å². The standard InChI is InChI=1S/C27H29NO4/c1-31-24-15-14-22(17-25(24)32-2)26(28-16-6-9-23(18-28)27(29)30)21-12-10-20(11-13-21)19-7-4-3-5-8-19/h3-5,7-8,10-15,17,23,26H,6,9,16,18H2,1-2H3,(H,29,30). The van der Waals surface area contributed by atoms with Crippen LogP contribution in [0.1, 0.15) is 30.0 Å². The van der Waals surface area contributed by atoms with Crippen molar-refractivity contribution in [1.82, 2.24) is 4.90 Å². The minimum atomic E-state index is -0.722. The summed E-state index contributed by atoms with van der Waals surface area (Å²) in [6.45, 7) is 1.37. The van der Waals surface area contributed by atoms with E-state index in [4.69, 9.17) is 9.47 Å². The number of carbonyl (C=O) groups is 1. The van der Waals surface area contributed by atoms with Gasteiger partial charge in [-0.2, -0.15) is 0 Å². The van der Waals surface area contributed by atoms with Crippen LogP contribution in [-0.4, -0.2) is 43.3 Å². The van der Waals surface area contributed by atoms with Crippen molar-refractivity contribution >= 4 is 5.97 Å². The molecule has 1 aliphatic heterocycles. The topological polar surface area (TPSA) is 59.0 Å². The molecular weight excluding hydrogens is 402 g/mol. The highest BCUT2D eigenvalue weighted by Gasteiger charge is 2.31. The molecule has 4 rings (SSSR count). The second-order valence-electron chi connectivity index (χ2n) is 8.18. The fraction of sp³-hybridized carbons (Fsp3) is 0.296. The second-order valence-corrected chi connectivity index (χ2v) is 8.18. The minimum absolute atomic E-state index is 0.0678.